The fourth-order valence-corrected chi connectivity index (χ4v) is 6.95. The van der Waals surface area contributed by atoms with Crippen LogP contribution >= 0.6 is 0 Å². The van der Waals surface area contributed by atoms with Crippen LogP contribution in [0.4, 0.5) is 0 Å². The third-order valence-electron chi connectivity index (χ3n) is 10.7. The van der Waals surface area contributed by atoms with E-state index in [0.717, 1.165) is 89.9 Å². The molecule has 0 aliphatic carbocycles. The third-order valence-corrected chi connectivity index (χ3v) is 10.7. The highest BCUT2D eigenvalue weighted by Crippen LogP contribution is 2.15. The third kappa shape index (κ3) is 47.8. The molecule has 0 radical (unpaired) electrons. The first-order valence-corrected chi connectivity index (χ1v) is 25.1. The molecule has 0 saturated heterocycles. The molecule has 0 aromatic carbocycles. The second-order valence-corrected chi connectivity index (χ2v) is 16.5. The number of allylic oxidation sites excluding steroid dienone is 14. The van der Waals surface area contributed by atoms with Crippen molar-refractivity contribution < 1.29 is 24.2 Å². The van der Waals surface area contributed by atoms with Crippen LogP contribution in [0.5, 0.6) is 0 Å². The molecule has 5 heteroatoms. The average molecular weight is 835 g/mol. The lowest BCUT2D eigenvalue weighted by Crippen LogP contribution is -2.28. The van der Waals surface area contributed by atoms with Crippen LogP contribution < -0.4 is 0 Å². The maximum absolute atomic E-state index is 12.3. The van der Waals surface area contributed by atoms with Gasteiger partial charge >= 0.3 is 11.9 Å². The minimum absolute atomic E-state index is 0.0690. The van der Waals surface area contributed by atoms with E-state index in [4.69, 9.17) is 9.47 Å². The number of aliphatic hydroxyl groups excluding tert-OH is 1. The normalized spacial score (nSPS) is 12.9. The van der Waals surface area contributed by atoms with Crippen molar-refractivity contribution in [2.75, 3.05) is 13.2 Å². The summed E-state index contributed by atoms with van der Waals surface area (Å²) in [5, 5.41) is 9.61. The summed E-state index contributed by atoms with van der Waals surface area (Å²) in [6.07, 6.45) is 69.6. The number of hydrogen-bond acceptors (Lipinski definition) is 5. The largest absolute Gasteiger partial charge is 0.462 e. The standard InChI is InChI=1S/C55H94O5/c1-3-5-7-9-11-13-15-17-19-20-21-22-23-24-25-26-27-28-29-30-31-32-33-34-36-38-40-42-44-46-48-50-55(58)60-53(51-56)52-59-54(57)49-47-45-43-41-39-37-35-18-16-14-12-10-8-6-4-2/h5,7,11,13,17,19,21-22,24-25,27-28,30-31,53,56H,3-4,6,8-10,12,14-16,18,20,23,26,29,32-52H2,1-2H3/b7-5-,13-11-,19-17-,22-21-,25-24-,28-27-,31-30-. The monoisotopic (exact) mass is 835 g/mol. The summed E-state index contributed by atoms with van der Waals surface area (Å²) in [6.45, 7) is 4.03. The number of unbranched alkanes of at least 4 members (excludes halogenated alkanes) is 23. The van der Waals surface area contributed by atoms with Gasteiger partial charge in [-0.1, -0.05) is 234 Å². The molecular formula is C55H94O5. The van der Waals surface area contributed by atoms with Crippen molar-refractivity contribution in [2.24, 2.45) is 0 Å². The lowest BCUT2D eigenvalue weighted by atomic mass is 10.0. The average Bonchev–Trinajstić information content (AvgIpc) is 3.25. The van der Waals surface area contributed by atoms with Gasteiger partial charge in [-0.2, -0.15) is 0 Å². The first kappa shape index (κ1) is 57.1. The number of aliphatic hydroxyl groups is 1. The van der Waals surface area contributed by atoms with E-state index < -0.39 is 6.10 Å². The fourth-order valence-electron chi connectivity index (χ4n) is 6.95. The molecule has 0 saturated carbocycles. The van der Waals surface area contributed by atoms with Crippen LogP contribution in [-0.4, -0.2) is 36.4 Å². The molecule has 0 rings (SSSR count). The van der Waals surface area contributed by atoms with Gasteiger partial charge in [0, 0.05) is 12.8 Å². The van der Waals surface area contributed by atoms with Gasteiger partial charge in [-0.25, -0.2) is 0 Å². The van der Waals surface area contributed by atoms with Crippen molar-refractivity contribution in [3.8, 4) is 0 Å². The van der Waals surface area contributed by atoms with Gasteiger partial charge in [0.05, 0.1) is 6.61 Å². The van der Waals surface area contributed by atoms with Gasteiger partial charge in [0.1, 0.15) is 6.61 Å². The zero-order chi connectivity index (χ0) is 43.5. The Labute approximate surface area is 371 Å². The van der Waals surface area contributed by atoms with Gasteiger partial charge in [-0.05, 0) is 70.6 Å². The molecule has 0 aromatic rings. The highest BCUT2D eigenvalue weighted by atomic mass is 16.6. The molecule has 0 aliphatic rings. The second kappa shape index (κ2) is 50.4. The van der Waals surface area contributed by atoms with Crippen LogP contribution in [0.25, 0.3) is 0 Å². The number of rotatable bonds is 45. The molecule has 0 fully saturated rings. The summed E-state index contributed by atoms with van der Waals surface area (Å²) in [6, 6.07) is 0. The number of hydrogen-bond donors (Lipinski definition) is 1. The van der Waals surface area contributed by atoms with Gasteiger partial charge in [0.15, 0.2) is 6.10 Å². The second-order valence-electron chi connectivity index (χ2n) is 16.5. The molecule has 0 heterocycles. The van der Waals surface area contributed by atoms with Crippen molar-refractivity contribution in [2.45, 2.75) is 238 Å². The Morgan fingerprint density at radius 2 is 0.717 bits per heavy atom. The minimum Gasteiger partial charge on any atom is -0.462 e. The Balaban J connectivity index is 3.56. The summed E-state index contributed by atoms with van der Waals surface area (Å²) >= 11 is 0. The molecule has 5 nitrogen and oxygen atoms in total. The topological polar surface area (TPSA) is 72.8 Å². The summed E-state index contributed by atoms with van der Waals surface area (Å²) < 4.78 is 10.7. The maximum Gasteiger partial charge on any atom is 0.306 e. The Bertz CT molecular complexity index is 1130. The van der Waals surface area contributed by atoms with E-state index >= 15 is 0 Å². The summed E-state index contributed by atoms with van der Waals surface area (Å²) in [5.41, 5.74) is 0. The quantitative estimate of drug-likeness (QED) is 0.0376. The number of esters is 2. The van der Waals surface area contributed by atoms with E-state index in [9.17, 15) is 14.7 Å². The first-order valence-electron chi connectivity index (χ1n) is 25.1. The minimum atomic E-state index is -0.777. The molecular weight excluding hydrogens is 741 g/mol. The van der Waals surface area contributed by atoms with Crippen LogP contribution in [-0.2, 0) is 19.1 Å². The van der Waals surface area contributed by atoms with Gasteiger partial charge in [-0.15, -0.1) is 0 Å². The molecule has 1 atom stereocenters. The predicted molar refractivity (Wildman–Crippen MR) is 260 cm³/mol. The van der Waals surface area contributed by atoms with Gasteiger partial charge in [0.25, 0.3) is 0 Å². The van der Waals surface area contributed by atoms with Crippen LogP contribution in [0.1, 0.15) is 232 Å². The lowest BCUT2D eigenvalue weighted by molar-refractivity contribution is -0.161. The van der Waals surface area contributed by atoms with Crippen molar-refractivity contribution >= 4 is 11.9 Å². The molecule has 1 unspecified atom stereocenters. The predicted octanol–water partition coefficient (Wildman–Crippen LogP) is 16.6. The molecule has 1 N–H and O–H groups in total. The van der Waals surface area contributed by atoms with Crippen LogP contribution in [0.15, 0.2) is 85.1 Å². The lowest BCUT2D eigenvalue weighted by Gasteiger charge is -2.15. The molecule has 344 valence electrons. The highest BCUT2D eigenvalue weighted by Gasteiger charge is 2.16. The molecule has 0 spiro atoms. The van der Waals surface area contributed by atoms with Crippen molar-refractivity contribution in [1.29, 1.82) is 0 Å². The Morgan fingerprint density at radius 1 is 0.400 bits per heavy atom. The van der Waals surface area contributed by atoms with Crippen molar-refractivity contribution in [3.05, 3.63) is 85.1 Å². The zero-order valence-corrected chi connectivity index (χ0v) is 39.2. The van der Waals surface area contributed by atoms with E-state index in [0.29, 0.717) is 12.8 Å². The van der Waals surface area contributed by atoms with Crippen molar-refractivity contribution in [3.63, 3.8) is 0 Å². The Kier molecular flexibility index (Phi) is 48.0. The fraction of sp³-hybridized carbons (Fsp3) is 0.709. The molecule has 60 heavy (non-hydrogen) atoms. The van der Waals surface area contributed by atoms with Gasteiger partial charge in [0.2, 0.25) is 0 Å². The molecule has 0 bridgehead atoms. The van der Waals surface area contributed by atoms with E-state index in [1.807, 2.05) is 0 Å². The number of carbonyl (C=O) groups excluding carboxylic acids is 2. The molecule has 0 aliphatic heterocycles. The molecule has 0 aromatic heterocycles. The van der Waals surface area contributed by atoms with Crippen LogP contribution in [0.3, 0.4) is 0 Å². The Hall–Kier alpha value is -2.92. The number of carbonyl (C=O) groups is 2. The Morgan fingerprint density at radius 3 is 1.08 bits per heavy atom. The van der Waals surface area contributed by atoms with E-state index in [1.165, 1.54) is 116 Å². The summed E-state index contributed by atoms with van der Waals surface area (Å²) in [4.78, 5) is 24.4. The highest BCUT2D eigenvalue weighted by molar-refractivity contribution is 5.70. The van der Waals surface area contributed by atoms with Crippen molar-refractivity contribution in [1.82, 2.24) is 0 Å². The van der Waals surface area contributed by atoms with Crippen LogP contribution in [0, 0.1) is 0 Å². The first-order chi connectivity index (χ1) is 29.6. The number of ether oxygens (including phenoxy) is 2. The van der Waals surface area contributed by atoms with Crippen LogP contribution in [0.2, 0.25) is 0 Å². The summed E-state index contributed by atoms with van der Waals surface area (Å²) in [7, 11) is 0. The molecule has 0 amide bonds. The van der Waals surface area contributed by atoms with E-state index in [1.54, 1.807) is 0 Å². The maximum atomic E-state index is 12.3. The smallest absolute Gasteiger partial charge is 0.306 e. The van der Waals surface area contributed by atoms with E-state index in [2.05, 4.69) is 98.9 Å². The van der Waals surface area contributed by atoms with E-state index in [-0.39, 0.29) is 25.2 Å². The SMILES string of the molecule is CC/C=C\C/C=C\C/C=C\C/C=C\C/C=C\C/C=C\C/C=C\CCCCCCCCCCCC(=O)OC(CO)COC(=O)CCCCCCCCCCCCCCCCC. The zero-order valence-electron chi connectivity index (χ0n) is 39.2. The van der Waals surface area contributed by atoms with Gasteiger partial charge in [-0.3, -0.25) is 9.59 Å². The summed E-state index contributed by atoms with van der Waals surface area (Å²) in [5.74, 6) is -0.595. The van der Waals surface area contributed by atoms with Gasteiger partial charge < -0.3 is 14.6 Å².